The van der Waals surface area contributed by atoms with Crippen LogP contribution >= 0.6 is 11.3 Å². The van der Waals surface area contributed by atoms with E-state index in [0.29, 0.717) is 35.9 Å². The summed E-state index contributed by atoms with van der Waals surface area (Å²) < 4.78 is 19.7. The Labute approximate surface area is 170 Å². The van der Waals surface area contributed by atoms with Gasteiger partial charge in [0.1, 0.15) is 18.3 Å². The molecule has 1 saturated heterocycles. The first-order valence-electron chi connectivity index (χ1n) is 9.05. The van der Waals surface area contributed by atoms with Crippen LogP contribution in [0.25, 0.3) is 0 Å². The van der Waals surface area contributed by atoms with Crippen LogP contribution in [0.3, 0.4) is 0 Å². The molecule has 0 aliphatic carbocycles. The molecule has 1 fully saturated rings. The fourth-order valence-corrected chi connectivity index (χ4v) is 4.06. The van der Waals surface area contributed by atoms with Gasteiger partial charge in [-0.25, -0.2) is 9.18 Å². The molecule has 2 aliphatic heterocycles. The summed E-state index contributed by atoms with van der Waals surface area (Å²) in [6, 6.07) is 8.21. The fraction of sp³-hybridized carbons (Fsp3) is 0.316. The summed E-state index contributed by atoms with van der Waals surface area (Å²) in [5, 5.41) is 15.4. The lowest BCUT2D eigenvalue weighted by Crippen LogP contribution is -2.37. The molecule has 0 spiro atoms. The molecule has 1 amide bonds. The summed E-state index contributed by atoms with van der Waals surface area (Å²) in [5.74, 6) is -0.475. The maximum atomic E-state index is 14.7. The number of aliphatic hydroxyl groups is 1. The van der Waals surface area contributed by atoms with Gasteiger partial charge in [0, 0.05) is 11.4 Å². The number of halogens is 1. The number of nitrogens with zero attached hydrogens (tertiary/aromatic N) is 4. The van der Waals surface area contributed by atoms with Crippen molar-refractivity contribution in [3.8, 4) is 0 Å². The molecule has 1 aromatic heterocycles. The van der Waals surface area contributed by atoms with Gasteiger partial charge in [0.05, 0.1) is 42.5 Å². The molecule has 2 aliphatic rings. The molecule has 1 unspecified atom stereocenters. The third kappa shape index (κ3) is 4.08. The number of aliphatic hydroxyl groups excluding tert-OH is 1. The second-order valence-corrected chi connectivity index (χ2v) is 7.87. The Morgan fingerprint density at radius 3 is 2.79 bits per heavy atom. The average Bonchev–Trinajstić information content (AvgIpc) is 3.34. The lowest BCUT2D eigenvalue weighted by molar-refractivity contribution is 0.0963. The molecule has 1 atom stereocenters. The van der Waals surface area contributed by atoms with Crippen LogP contribution in [0.5, 0.6) is 0 Å². The highest BCUT2D eigenvalue weighted by molar-refractivity contribution is 7.13. The van der Waals surface area contributed by atoms with Gasteiger partial charge in [-0.2, -0.15) is 5.10 Å². The number of hydrogen-bond acceptors (Lipinski definition) is 8. The average molecular weight is 418 g/mol. The zero-order valence-electron chi connectivity index (χ0n) is 15.4. The first kappa shape index (κ1) is 19.3. The quantitative estimate of drug-likeness (QED) is 0.725. The normalized spacial score (nSPS) is 19.0. The number of carbonyl (C=O) groups excluding carboxylic acids is 2. The monoisotopic (exact) mass is 418 g/mol. The molecule has 152 valence electrons. The number of amides is 1. The number of rotatable bonds is 6. The zero-order valence-corrected chi connectivity index (χ0v) is 16.2. The van der Waals surface area contributed by atoms with E-state index in [1.165, 1.54) is 22.3 Å². The van der Waals surface area contributed by atoms with E-state index in [9.17, 15) is 14.0 Å². The van der Waals surface area contributed by atoms with Crippen molar-refractivity contribution >= 4 is 41.4 Å². The highest BCUT2D eigenvalue weighted by Crippen LogP contribution is 2.28. The van der Waals surface area contributed by atoms with Crippen molar-refractivity contribution in [2.24, 2.45) is 5.10 Å². The number of benzene rings is 1. The Morgan fingerprint density at radius 2 is 2.17 bits per heavy atom. The summed E-state index contributed by atoms with van der Waals surface area (Å²) in [6.07, 6.45) is 1.20. The Hall–Kier alpha value is -2.98. The minimum absolute atomic E-state index is 0.183. The van der Waals surface area contributed by atoms with Crippen molar-refractivity contribution in [3.05, 3.63) is 45.9 Å². The maximum Gasteiger partial charge on any atom is 0.414 e. The molecule has 0 bridgehead atoms. The predicted molar refractivity (Wildman–Crippen MR) is 107 cm³/mol. The van der Waals surface area contributed by atoms with Crippen molar-refractivity contribution < 1.29 is 23.8 Å². The number of hydrogen-bond donors (Lipinski definition) is 1. The molecule has 8 nitrogen and oxygen atoms in total. The number of ether oxygens (including phenoxy) is 1. The van der Waals surface area contributed by atoms with E-state index in [-0.39, 0.29) is 13.2 Å². The third-order valence-electron chi connectivity index (χ3n) is 4.72. The lowest BCUT2D eigenvalue weighted by Gasteiger charge is -2.30. The van der Waals surface area contributed by atoms with E-state index in [1.54, 1.807) is 29.4 Å². The van der Waals surface area contributed by atoms with Crippen LogP contribution in [0.4, 0.5) is 20.6 Å². The Morgan fingerprint density at radius 1 is 1.31 bits per heavy atom. The van der Waals surface area contributed by atoms with Crippen LogP contribution in [0, 0.1) is 5.82 Å². The minimum atomic E-state index is -0.601. The maximum absolute atomic E-state index is 14.7. The topological polar surface area (TPSA) is 85.7 Å². The van der Waals surface area contributed by atoms with Gasteiger partial charge >= 0.3 is 6.09 Å². The first-order chi connectivity index (χ1) is 14.1. The fourth-order valence-electron chi connectivity index (χ4n) is 3.22. The smallest absolute Gasteiger partial charge is 0.414 e. The summed E-state index contributed by atoms with van der Waals surface area (Å²) in [4.78, 5) is 27.4. The van der Waals surface area contributed by atoms with Crippen molar-refractivity contribution in [2.75, 3.05) is 36.0 Å². The molecular formula is C19H19FN4O4S. The number of carbonyl (C=O) groups is 2. The van der Waals surface area contributed by atoms with Crippen LogP contribution in [0.15, 0.2) is 35.4 Å². The predicted octanol–water partition coefficient (Wildman–Crippen LogP) is 2.28. The van der Waals surface area contributed by atoms with E-state index in [2.05, 4.69) is 5.10 Å². The van der Waals surface area contributed by atoms with Gasteiger partial charge < -0.3 is 14.7 Å². The van der Waals surface area contributed by atoms with Gasteiger partial charge in [-0.15, -0.1) is 11.3 Å². The van der Waals surface area contributed by atoms with Crippen LogP contribution in [0.2, 0.25) is 0 Å². The highest BCUT2D eigenvalue weighted by atomic mass is 32.1. The zero-order chi connectivity index (χ0) is 20.4. The number of cyclic esters (lactones) is 1. The van der Waals surface area contributed by atoms with Gasteiger partial charge in [-0.1, -0.05) is 0 Å². The number of aldehydes is 1. The molecule has 0 saturated carbocycles. The second-order valence-electron chi connectivity index (χ2n) is 6.67. The molecule has 29 heavy (non-hydrogen) atoms. The van der Waals surface area contributed by atoms with Crippen LogP contribution in [0.1, 0.15) is 14.5 Å². The largest absolute Gasteiger partial charge is 0.441 e. The summed E-state index contributed by atoms with van der Waals surface area (Å²) in [7, 11) is 0. The Kier molecular flexibility index (Phi) is 5.45. The third-order valence-corrected chi connectivity index (χ3v) is 5.72. The number of anilines is 2. The van der Waals surface area contributed by atoms with Gasteiger partial charge in [-0.05, 0) is 30.3 Å². The van der Waals surface area contributed by atoms with Crippen molar-refractivity contribution in [2.45, 2.75) is 12.6 Å². The summed E-state index contributed by atoms with van der Waals surface area (Å²) in [5.41, 5.74) is 0.745. The van der Waals surface area contributed by atoms with Gasteiger partial charge in [0.15, 0.2) is 6.29 Å². The SMILES string of the molecule is O=Cc1ccc(CN2CCN(c3ccc(N4CC(CO)OC4=O)cc3F)C=N2)s1. The van der Waals surface area contributed by atoms with E-state index in [0.717, 1.165) is 11.2 Å². The Balaban J connectivity index is 1.43. The minimum Gasteiger partial charge on any atom is -0.441 e. The molecular weight excluding hydrogens is 399 g/mol. The number of hydrazone groups is 1. The van der Waals surface area contributed by atoms with Crippen molar-refractivity contribution in [3.63, 3.8) is 0 Å². The van der Waals surface area contributed by atoms with Crippen molar-refractivity contribution in [1.29, 1.82) is 0 Å². The van der Waals surface area contributed by atoms with Gasteiger partial charge in [0.2, 0.25) is 0 Å². The van der Waals surface area contributed by atoms with E-state index in [4.69, 9.17) is 9.84 Å². The molecule has 10 heteroatoms. The van der Waals surface area contributed by atoms with Crippen LogP contribution < -0.4 is 9.80 Å². The highest BCUT2D eigenvalue weighted by Gasteiger charge is 2.32. The molecule has 1 aromatic carbocycles. The molecule has 0 radical (unpaired) electrons. The second kappa shape index (κ2) is 8.18. The number of thiophene rings is 1. The van der Waals surface area contributed by atoms with E-state index >= 15 is 0 Å². The van der Waals surface area contributed by atoms with Gasteiger partial charge in [-0.3, -0.25) is 14.7 Å². The summed E-state index contributed by atoms with van der Waals surface area (Å²) in [6.45, 7) is 1.65. The lowest BCUT2D eigenvalue weighted by atomic mass is 10.2. The summed E-state index contributed by atoms with van der Waals surface area (Å²) >= 11 is 1.43. The standard InChI is InChI=1S/C19H19FN4O4S/c20-17-7-13(24-8-14(10-25)28-19(24)27)1-4-18(17)22-5-6-23(21-12-22)9-15-2-3-16(11-26)29-15/h1-4,7,11-12,14,25H,5-6,8-10H2. The first-order valence-corrected chi connectivity index (χ1v) is 9.87. The van der Waals surface area contributed by atoms with Gasteiger partial charge in [0.25, 0.3) is 0 Å². The molecule has 1 N–H and O–H groups in total. The van der Waals surface area contributed by atoms with Crippen LogP contribution in [-0.2, 0) is 11.3 Å². The van der Waals surface area contributed by atoms with E-state index < -0.39 is 18.0 Å². The van der Waals surface area contributed by atoms with E-state index in [1.807, 2.05) is 11.1 Å². The van der Waals surface area contributed by atoms with Crippen LogP contribution in [-0.4, -0.2) is 61.2 Å². The molecule has 4 rings (SSSR count). The van der Waals surface area contributed by atoms with Crippen molar-refractivity contribution in [1.82, 2.24) is 5.01 Å². The Bertz CT molecular complexity index is 950. The molecule has 3 heterocycles. The molecule has 2 aromatic rings.